The lowest BCUT2D eigenvalue weighted by Crippen LogP contribution is -2.54. The second-order valence-electron chi connectivity index (χ2n) is 17.3. The predicted molar refractivity (Wildman–Crippen MR) is 251 cm³/mol. The van der Waals surface area contributed by atoms with Gasteiger partial charge in [0.2, 0.25) is 27.7 Å². The Hall–Kier alpha value is -5.45. The Morgan fingerprint density at radius 3 is 2.02 bits per heavy atom. The van der Waals surface area contributed by atoms with Crippen LogP contribution in [0, 0.1) is 5.41 Å². The molecule has 346 valence electrons. The molecule has 0 saturated heterocycles. The van der Waals surface area contributed by atoms with Crippen LogP contribution in [0.2, 0.25) is 0 Å². The van der Waals surface area contributed by atoms with E-state index in [4.69, 9.17) is 26.4 Å². The third-order valence-electron chi connectivity index (χ3n) is 11.0. The lowest BCUT2D eigenvalue weighted by molar-refractivity contribution is -0.130. The van der Waals surface area contributed by atoms with Crippen molar-refractivity contribution in [3.63, 3.8) is 0 Å². The third-order valence-corrected chi connectivity index (χ3v) is 12.4. The summed E-state index contributed by atoms with van der Waals surface area (Å²) >= 11 is 0. The molecular weight excluding hydrogens is 831 g/mol. The van der Waals surface area contributed by atoms with Crippen LogP contribution in [0.5, 0.6) is 0 Å². The molecule has 4 aromatic carbocycles. The molecule has 0 heterocycles. The number of rotatable bonds is 27. The number of nitrogens with one attached hydrogen (secondary N) is 5. The number of sulfonamides is 1. The van der Waals surface area contributed by atoms with Crippen LogP contribution < -0.4 is 32.1 Å². The van der Waals surface area contributed by atoms with Crippen molar-refractivity contribution in [1.29, 1.82) is 5.41 Å². The average molecular weight is 898 g/mol. The van der Waals surface area contributed by atoms with Crippen LogP contribution in [0.4, 0.5) is 0 Å². The van der Waals surface area contributed by atoms with E-state index in [0.717, 1.165) is 34.2 Å². The lowest BCUT2D eigenvalue weighted by Gasteiger charge is -2.28. The Labute approximate surface area is 379 Å². The van der Waals surface area contributed by atoms with E-state index in [9.17, 15) is 22.8 Å². The minimum absolute atomic E-state index is 0.0714. The highest BCUT2D eigenvalue weighted by atomic mass is 32.2. The maximum absolute atomic E-state index is 14.2. The first-order chi connectivity index (χ1) is 30.4. The molecule has 15 heteroatoms. The molecule has 4 rings (SSSR count). The first kappa shape index (κ1) is 51.2. The second-order valence-corrected chi connectivity index (χ2v) is 19.1. The number of amides is 3. The lowest BCUT2D eigenvalue weighted by atomic mass is 10.0. The van der Waals surface area contributed by atoms with Crippen molar-refractivity contribution < 1.29 is 32.3 Å². The number of nitrogen functional groups attached to an aromatic ring is 1. The first-order valence-corrected chi connectivity index (χ1v) is 23.4. The van der Waals surface area contributed by atoms with Crippen molar-refractivity contribution in [2.24, 2.45) is 11.5 Å². The topological polar surface area (TPSA) is 228 Å². The highest BCUT2D eigenvalue weighted by Gasteiger charge is 2.29. The summed E-state index contributed by atoms with van der Waals surface area (Å²) in [6.07, 6.45) is 2.87. The molecule has 2 atom stereocenters. The maximum Gasteiger partial charge on any atom is 0.243 e. The van der Waals surface area contributed by atoms with Gasteiger partial charge in [-0.25, -0.2) is 13.1 Å². The van der Waals surface area contributed by atoms with Gasteiger partial charge in [0.15, 0.2) is 0 Å². The van der Waals surface area contributed by atoms with Crippen LogP contribution in [0.25, 0.3) is 0 Å². The Bertz CT molecular complexity index is 2250. The van der Waals surface area contributed by atoms with Gasteiger partial charge in [0.05, 0.1) is 23.6 Å². The van der Waals surface area contributed by atoms with Crippen LogP contribution in [-0.4, -0.2) is 69.0 Å². The number of methoxy groups -OCH3 is 1. The molecule has 9 N–H and O–H groups in total. The number of aryl methyl sites for hydroxylation is 1. The molecule has 0 unspecified atom stereocenters. The summed E-state index contributed by atoms with van der Waals surface area (Å²) < 4.78 is 41.9. The Balaban J connectivity index is 1.44. The van der Waals surface area contributed by atoms with Gasteiger partial charge >= 0.3 is 0 Å². The van der Waals surface area contributed by atoms with Crippen molar-refractivity contribution in [2.75, 3.05) is 13.7 Å². The highest BCUT2D eigenvalue weighted by Crippen LogP contribution is 2.21. The largest absolute Gasteiger partial charge is 0.384 e. The molecule has 0 bridgehead atoms. The molecule has 0 aromatic heterocycles. The number of nitrogens with two attached hydrogens (primary N) is 2. The Kier molecular flexibility index (Phi) is 19.6. The van der Waals surface area contributed by atoms with Crippen molar-refractivity contribution in [3.05, 3.63) is 142 Å². The summed E-state index contributed by atoms with van der Waals surface area (Å²) in [5.74, 6) is -1.74. The quantitative estimate of drug-likeness (QED) is 0.0304. The Morgan fingerprint density at radius 1 is 0.719 bits per heavy atom. The van der Waals surface area contributed by atoms with Crippen LogP contribution in [-0.2, 0) is 72.1 Å². The molecule has 0 saturated carbocycles. The van der Waals surface area contributed by atoms with Crippen molar-refractivity contribution >= 4 is 33.6 Å². The van der Waals surface area contributed by atoms with E-state index in [1.165, 1.54) is 0 Å². The minimum atomic E-state index is -4.10. The van der Waals surface area contributed by atoms with E-state index in [1.807, 2.05) is 88.4 Å². The van der Waals surface area contributed by atoms with E-state index in [1.54, 1.807) is 49.6 Å². The van der Waals surface area contributed by atoms with Crippen LogP contribution in [0.1, 0.15) is 98.7 Å². The van der Waals surface area contributed by atoms with Gasteiger partial charge in [0.25, 0.3) is 0 Å². The molecule has 0 radical (unpaired) electrons. The fourth-order valence-corrected chi connectivity index (χ4v) is 8.23. The number of hydrogen-bond donors (Lipinski definition) is 7. The number of amidine groups is 1. The molecule has 0 spiro atoms. The van der Waals surface area contributed by atoms with Gasteiger partial charge in [-0.05, 0) is 93.2 Å². The summed E-state index contributed by atoms with van der Waals surface area (Å²) in [5, 5.41) is 16.3. The summed E-state index contributed by atoms with van der Waals surface area (Å²) in [6, 6.07) is 28.7. The van der Waals surface area contributed by atoms with Crippen LogP contribution in [0.3, 0.4) is 0 Å². The smallest absolute Gasteiger partial charge is 0.243 e. The molecule has 64 heavy (non-hydrogen) atoms. The van der Waals surface area contributed by atoms with E-state index in [0.29, 0.717) is 43.5 Å². The molecule has 0 aliphatic carbocycles. The fraction of sp³-hybridized carbons (Fsp3) is 0.429. The highest BCUT2D eigenvalue weighted by molar-refractivity contribution is 7.88. The number of carbonyl (C=O) groups is 3. The number of benzene rings is 4. The fourth-order valence-electron chi connectivity index (χ4n) is 6.87. The average Bonchev–Trinajstić information content (AvgIpc) is 3.26. The zero-order valence-corrected chi connectivity index (χ0v) is 38.7. The van der Waals surface area contributed by atoms with Gasteiger partial charge in [-0.2, -0.15) is 0 Å². The number of ether oxygens (including phenoxy) is 2. The maximum atomic E-state index is 14.2. The van der Waals surface area contributed by atoms with Crippen LogP contribution >= 0.6 is 0 Å². The Morgan fingerprint density at radius 2 is 1.34 bits per heavy atom. The molecule has 0 fully saturated rings. The molecule has 0 aliphatic rings. The number of carbonyl (C=O) groups excluding carboxylic acids is 3. The van der Waals surface area contributed by atoms with Gasteiger partial charge in [0, 0.05) is 45.1 Å². The van der Waals surface area contributed by atoms with Gasteiger partial charge < -0.3 is 36.9 Å². The SMILES string of the molecule is COC(C)(C)CCOC(C)(C)CCC(=O)NCc1cccc(CS(=O)(=O)N[C@H](CCCc2ccccc2)C(=O)N[C@@H](Cc2cccc(CN)c2)C(=O)NCc2ccc(C(=N)N)cc2)c1. The number of hydrogen-bond acceptors (Lipinski definition) is 9. The van der Waals surface area contributed by atoms with Gasteiger partial charge in [-0.1, -0.05) is 103 Å². The van der Waals surface area contributed by atoms with E-state index in [-0.39, 0.29) is 49.7 Å². The summed E-state index contributed by atoms with van der Waals surface area (Å²) in [7, 11) is -2.44. The molecule has 4 aromatic rings. The predicted octanol–water partition coefficient (Wildman–Crippen LogP) is 5.29. The zero-order chi connectivity index (χ0) is 46.8. The summed E-state index contributed by atoms with van der Waals surface area (Å²) in [6.45, 7) is 9.04. The van der Waals surface area contributed by atoms with Crippen LogP contribution in [0.15, 0.2) is 103 Å². The molecule has 14 nitrogen and oxygen atoms in total. The third kappa shape index (κ3) is 18.3. The van der Waals surface area contributed by atoms with E-state index < -0.39 is 45.3 Å². The van der Waals surface area contributed by atoms with Crippen molar-refractivity contribution in [3.8, 4) is 0 Å². The monoisotopic (exact) mass is 897 g/mol. The summed E-state index contributed by atoms with van der Waals surface area (Å²) in [4.78, 5) is 40.9. The summed E-state index contributed by atoms with van der Waals surface area (Å²) in [5.41, 5.74) is 15.9. The minimum Gasteiger partial charge on any atom is -0.384 e. The van der Waals surface area contributed by atoms with E-state index in [2.05, 4.69) is 20.7 Å². The zero-order valence-electron chi connectivity index (χ0n) is 37.9. The van der Waals surface area contributed by atoms with E-state index >= 15 is 0 Å². The van der Waals surface area contributed by atoms with Gasteiger partial charge in [-0.3, -0.25) is 19.8 Å². The first-order valence-electron chi connectivity index (χ1n) is 21.7. The molecule has 3 amide bonds. The van der Waals surface area contributed by atoms with Gasteiger partial charge in [0.1, 0.15) is 17.9 Å². The van der Waals surface area contributed by atoms with Crippen molar-refractivity contribution in [1.82, 2.24) is 20.7 Å². The standard InChI is InChI=1S/C49H67N7O7S/c1-48(2,62-5)26-27-63-49(3,4)25-24-44(57)53-33-39-17-10-18-40(29-39)34-64(60,61)56-42(19-11-14-35-12-7-6-8-13-35)47(59)55-43(30-37-15-9-16-38(28-37)31-50)46(58)54-32-36-20-22-41(23-21-36)45(51)52/h6-10,12-13,15-18,20-23,28-29,42-43,56H,11,14,19,24-27,30-34,50H2,1-5H3,(H3,51,52)(H,53,57)(H,54,58)(H,55,59)/t42-,43+/m1/s1. The molecule has 0 aliphatic heterocycles. The van der Waals surface area contributed by atoms with Gasteiger partial charge in [-0.15, -0.1) is 0 Å². The molecular formula is C49H67N7O7S. The normalized spacial score (nSPS) is 12.8. The van der Waals surface area contributed by atoms with Crippen molar-refractivity contribution in [2.45, 2.75) is 121 Å². The second kappa shape index (κ2) is 24.6.